The standard InChI is InChI=1S/C12H20N4O2/c1-8(12(2,3)4)14-11-7-9(16(17)18)6-10(13-5)15-11/h6-8H,1-5H3,(H2,13,14,15). The fourth-order valence-corrected chi connectivity index (χ4v) is 1.26. The molecule has 2 N–H and O–H groups in total. The number of anilines is 2. The lowest BCUT2D eigenvalue weighted by atomic mass is 9.88. The normalized spacial score (nSPS) is 12.9. The number of hydrogen-bond donors (Lipinski definition) is 2. The number of nitrogens with zero attached hydrogens (tertiary/aromatic N) is 2. The summed E-state index contributed by atoms with van der Waals surface area (Å²) in [5.74, 6) is 0.990. The predicted molar refractivity (Wildman–Crippen MR) is 73.0 cm³/mol. The van der Waals surface area contributed by atoms with Gasteiger partial charge in [0.25, 0.3) is 5.69 Å². The molecule has 100 valence electrons. The Bertz CT molecular complexity index is 440. The van der Waals surface area contributed by atoms with Gasteiger partial charge in [0, 0.05) is 13.1 Å². The lowest BCUT2D eigenvalue weighted by molar-refractivity contribution is -0.384. The maximum Gasteiger partial charge on any atom is 0.276 e. The van der Waals surface area contributed by atoms with E-state index in [9.17, 15) is 10.1 Å². The Morgan fingerprint density at radius 2 is 1.89 bits per heavy atom. The lowest BCUT2D eigenvalue weighted by Crippen LogP contribution is -2.31. The second kappa shape index (κ2) is 5.20. The van der Waals surface area contributed by atoms with Gasteiger partial charge in [-0.3, -0.25) is 10.1 Å². The first kappa shape index (κ1) is 14.2. The van der Waals surface area contributed by atoms with Gasteiger partial charge in [-0.05, 0) is 12.3 Å². The molecule has 0 amide bonds. The summed E-state index contributed by atoms with van der Waals surface area (Å²) in [5.41, 5.74) is 0.0736. The van der Waals surface area contributed by atoms with Crippen LogP contribution >= 0.6 is 0 Å². The van der Waals surface area contributed by atoms with Gasteiger partial charge in [-0.2, -0.15) is 0 Å². The molecular weight excluding hydrogens is 232 g/mol. The summed E-state index contributed by atoms with van der Waals surface area (Å²) in [6, 6.07) is 3.01. The van der Waals surface area contributed by atoms with Crippen LogP contribution in [0.4, 0.5) is 17.3 Å². The molecule has 0 bridgehead atoms. The van der Waals surface area contributed by atoms with E-state index in [4.69, 9.17) is 0 Å². The smallest absolute Gasteiger partial charge is 0.276 e. The fraction of sp³-hybridized carbons (Fsp3) is 0.583. The van der Waals surface area contributed by atoms with E-state index >= 15 is 0 Å². The number of hydrogen-bond acceptors (Lipinski definition) is 5. The number of rotatable bonds is 4. The molecule has 1 aromatic rings. The molecule has 0 saturated heterocycles. The van der Waals surface area contributed by atoms with Gasteiger partial charge < -0.3 is 10.6 Å². The molecule has 0 spiro atoms. The minimum Gasteiger partial charge on any atom is -0.373 e. The minimum atomic E-state index is -0.421. The average molecular weight is 252 g/mol. The zero-order valence-electron chi connectivity index (χ0n) is 11.4. The van der Waals surface area contributed by atoms with E-state index in [-0.39, 0.29) is 17.1 Å². The van der Waals surface area contributed by atoms with E-state index in [1.54, 1.807) is 7.05 Å². The quantitative estimate of drug-likeness (QED) is 0.636. The Hall–Kier alpha value is -1.85. The third-order valence-electron chi connectivity index (χ3n) is 2.94. The minimum absolute atomic E-state index is 0.0259. The molecule has 0 aliphatic carbocycles. The molecule has 6 nitrogen and oxygen atoms in total. The van der Waals surface area contributed by atoms with E-state index in [0.717, 1.165) is 0 Å². The Balaban J connectivity index is 3.02. The van der Waals surface area contributed by atoms with Crippen LogP contribution in [0.3, 0.4) is 0 Å². The van der Waals surface area contributed by atoms with Crippen molar-refractivity contribution in [1.82, 2.24) is 4.98 Å². The summed E-state index contributed by atoms with van der Waals surface area (Å²) in [5, 5.41) is 16.8. The molecule has 0 radical (unpaired) electrons. The van der Waals surface area contributed by atoms with Gasteiger partial charge in [-0.1, -0.05) is 20.8 Å². The van der Waals surface area contributed by atoms with Crippen molar-refractivity contribution in [2.45, 2.75) is 33.7 Å². The average Bonchev–Trinajstić information content (AvgIpc) is 2.27. The third-order valence-corrected chi connectivity index (χ3v) is 2.94. The highest BCUT2D eigenvalue weighted by Gasteiger charge is 2.21. The van der Waals surface area contributed by atoms with Crippen LogP contribution in [0.1, 0.15) is 27.7 Å². The van der Waals surface area contributed by atoms with Crippen LogP contribution < -0.4 is 10.6 Å². The first-order chi connectivity index (χ1) is 8.24. The molecule has 0 aromatic carbocycles. The highest BCUT2D eigenvalue weighted by Crippen LogP contribution is 2.25. The maximum atomic E-state index is 10.8. The van der Waals surface area contributed by atoms with Crippen LogP contribution in [0.25, 0.3) is 0 Å². The fourth-order valence-electron chi connectivity index (χ4n) is 1.26. The van der Waals surface area contributed by atoms with Crippen LogP contribution in [-0.4, -0.2) is 23.0 Å². The molecule has 0 fully saturated rings. The summed E-state index contributed by atoms with van der Waals surface area (Å²) in [6.07, 6.45) is 0. The first-order valence-electron chi connectivity index (χ1n) is 5.85. The van der Waals surface area contributed by atoms with E-state index in [1.807, 2.05) is 6.92 Å². The SMILES string of the molecule is CNc1cc([N+](=O)[O-])cc(NC(C)C(C)(C)C)n1. The molecule has 1 atom stereocenters. The molecule has 6 heteroatoms. The van der Waals surface area contributed by atoms with Crippen LogP contribution in [0, 0.1) is 15.5 Å². The molecule has 1 heterocycles. The molecule has 0 aliphatic heterocycles. The molecule has 1 rings (SSSR count). The van der Waals surface area contributed by atoms with Crippen molar-refractivity contribution in [2.75, 3.05) is 17.7 Å². The van der Waals surface area contributed by atoms with Crippen molar-refractivity contribution in [3.05, 3.63) is 22.2 Å². The summed E-state index contributed by atoms with van der Waals surface area (Å²) in [4.78, 5) is 14.7. The highest BCUT2D eigenvalue weighted by atomic mass is 16.6. The molecule has 1 unspecified atom stereocenters. The summed E-state index contributed by atoms with van der Waals surface area (Å²) in [6.45, 7) is 8.32. The van der Waals surface area contributed by atoms with Gasteiger partial charge in [0.1, 0.15) is 11.6 Å². The van der Waals surface area contributed by atoms with Crippen molar-refractivity contribution in [3.63, 3.8) is 0 Å². The topological polar surface area (TPSA) is 80.1 Å². The Morgan fingerprint density at radius 1 is 1.33 bits per heavy atom. The van der Waals surface area contributed by atoms with E-state index in [0.29, 0.717) is 11.6 Å². The van der Waals surface area contributed by atoms with Crippen molar-refractivity contribution in [2.24, 2.45) is 5.41 Å². The van der Waals surface area contributed by atoms with Gasteiger partial charge in [-0.15, -0.1) is 0 Å². The highest BCUT2D eigenvalue weighted by molar-refractivity contribution is 5.54. The predicted octanol–water partition coefficient (Wildman–Crippen LogP) is 2.88. The monoisotopic (exact) mass is 252 g/mol. The van der Waals surface area contributed by atoms with Gasteiger partial charge in [0.2, 0.25) is 0 Å². The summed E-state index contributed by atoms with van der Waals surface area (Å²) < 4.78 is 0. The van der Waals surface area contributed by atoms with Crippen molar-refractivity contribution in [3.8, 4) is 0 Å². The van der Waals surface area contributed by atoms with E-state index < -0.39 is 4.92 Å². The Kier molecular flexibility index (Phi) is 4.11. The van der Waals surface area contributed by atoms with Crippen molar-refractivity contribution in [1.29, 1.82) is 0 Å². The molecule has 1 aromatic heterocycles. The van der Waals surface area contributed by atoms with Crippen LogP contribution in [0.2, 0.25) is 0 Å². The second-order valence-corrected chi connectivity index (χ2v) is 5.33. The number of nitro groups is 1. The van der Waals surface area contributed by atoms with Gasteiger partial charge >= 0.3 is 0 Å². The molecule has 18 heavy (non-hydrogen) atoms. The van der Waals surface area contributed by atoms with Gasteiger partial charge in [0.15, 0.2) is 0 Å². The molecular formula is C12H20N4O2. The van der Waals surface area contributed by atoms with Gasteiger partial charge in [-0.25, -0.2) is 4.98 Å². The Morgan fingerprint density at radius 3 is 2.33 bits per heavy atom. The zero-order valence-corrected chi connectivity index (χ0v) is 11.4. The van der Waals surface area contributed by atoms with Gasteiger partial charge in [0.05, 0.1) is 17.1 Å². The molecule has 0 saturated carbocycles. The van der Waals surface area contributed by atoms with Crippen molar-refractivity contribution >= 4 is 17.3 Å². The van der Waals surface area contributed by atoms with E-state index in [1.165, 1.54) is 12.1 Å². The molecule has 0 aliphatic rings. The zero-order chi connectivity index (χ0) is 13.9. The number of pyridine rings is 1. The van der Waals surface area contributed by atoms with Crippen LogP contribution in [0.5, 0.6) is 0 Å². The second-order valence-electron chi connectivity index (χ2n) is 5.33. The van der Waals surface area contributed by atoms with Crippen molar-refractivity contribution < 1.29 is 4.92 Å². The van der Waals surface area contributed by atoms with Crippen LogP contribution in [0.15, 0.2) is 12.1 Å². The first-order valence-corrected chi connectivity index (χ1v) is 5.85. The number of nitrogens with one attached hydrogen (secondary N) is 2. The third kappa shape index (κ3) is 3.58. The van der Waals surface area contributed by atoms with Crippen LogP contribution in [-0.2, 0) is 0 Å². The largest absolute Gasteiger partial charge is 0.373 e. The maximum absolute atomic E-state index is 10.8. The summed E-state index contributed by atoms with van der Waals surface area (Å²) >= 11 is 0. The Labute approximate surface area is 107 Å². The lowest BCUT2D eigenvalue weighted by Gasteiger charge is -2.28. The summed E-state index contributed by atoms with van der Waals surface area (Å²) in [7, 11) is 1.68. The number of aromatic nitrogens is 1. The van der Waals surface area contributed by atoms with E-state index in [2.05, 4.69) is 36.4 Å².